The van der Waals surface area contributed by atoms with Crippen LogP contribution in [0.3, 0.4) is 0 Å². The molecule has 1 aliphatic rings. The highest BCUT2D eigenvalue weighted by atomic mass is 16.7. The number of methoxy groups -OCH3 is 2. The average molecular weight is 184 g/mol. The maximum absolute atomic E-state index is 11.1. The monoisotopic (exact) mass is 184 g/mol. The fourth-order valence-electron chi connectivity index (χ4n) is 0.923. The number of allylic oxidation sites excluding steroid dienone is 2. The molecule has 0 fully saturated rings. The first-order valence-corrected chi connectivity index (χ1v) is 3.84. The van der Waals surface area contributed by atoms with E-state index in [0.717, 1.165) is 0 Å². The molecule has 1 atom stereocenters. The molecule has 0 aromatic rings. The van der Waals surface area contributed by atoms with Gasteiger partial charge in [-0.1, -0.05) is 0 Å². The molecule has 1 unspecified atom stereocenters. The Morgan fingerprint density at radius 2 is 2.31 bits per heavy atom. The van der Waals surface area contributed by atoms with E-state index in [9.17, 15) is 4.79 Å². The topological polar surface area (TPSA) is 44.8 Å². The summed E-state index contributed by atoms with van der Waals surface area (Å²) in [6.07, 6.45) is 2.23. The summed E-state index contributed by atoms with van der Waals surface area (Å²) in [4.78, 5) is 11.1. The third kappa shape index (κ3) is 2.32. The Labute approximate surface area is 76.8 Å². The van der Waals surface area contributed by atoms with Gasteiger partial charge in [-0.2, -0.15) is 0 Å². The van der Waals surface area contributed by atoms with Gasteiger partial charge in [-0.05, 0) is 6.92 Å². The van der Waals surface area contributed by atoms with E-state index in [1.165, 1.54) is 13.2 Å². The van der Waals surface area contributed by atoms with E-state index < -0.39 is 6.29 Å². The molecule has 0 radical (unpaired) electrons. The molecular weight excluding hydrogens is 172 g/mol. The maximum atomic E-state index is 11.1. The fourth-order valence-corrected chi connectivity index (χ4v) is 0.923. The summed E-state index contributed by atoms with van der Waals surface area (Å²) >= 11 is 0. The zero-order valence-corrected chi connectivity index (χ0v) is 7.87. The van der Waals surface area contributed by atoms with Gasteiger partial charge in [-0.3, -0.25) is 4.79 Å². The number of carbonyl (C=O) groups excluding carboxylic acids is 1. The van der Waals surface area contributed by atoms with E-state index in [1.54, 1.807) is 20.1 Å². The number of carbonyl (C=O) groups is 1. The third-order valence-corrected chi connectivity index (χ3v) is 1.64. The Morgan fingerprint density at radius 1 is 1.62 bits per heavy atom. The third-order valence-electron chi connectivity index (χ3n) is 1.64. The smallest absolute Gasteiger partial charge is 0.263 e. The van der Waals surface area contributed by atoms with Crippen molar-refractivity contribution < 1.29 is 19.0 Å². The standard InChI is InChI=1S/C9H12O4/c1-6(11-2)4-7-5-8(10)9(12-3)13-7/h4-5,9H,1-3H3/b6-4+. The SMILES string of the molecule is CO/C(C)=C/C1=CC(=O)C(OC)O1. The van der Waals surface area contributed by atoms with Crippen LogP contribution in [0.5, 0.6) is 0 Å². The molecule has 0 amide bonds. The second-order valence-corrected chi connectivity index (χ2v) is 2.59. The number of ether oxygens (including phenoxy) is 3. The van der Waals surface area contributed by atoms with Crippen molar-refractivity contribution in [3.8, 4) is 0 Å². The summed E-state index contributed by atoms with van der Waals surface area (Å²) in [6, 6.07) is 0. The molecule has 0 aromatic heterocycles. The fraction of sp³-hybridized carbons (Fsp3) is 0.444. The van der Waals surface area contributed by atoms with Crippen LogP contribution in [0, 0.1) is 0 Å². The van der Waals surface area contributed by atoms with Crippen LogP contribution in [0.1, 0.15) is 6.92 Å². The molecular formula is C9H12O4. The minimum atomic E-state index is -0.795. The van der Waals surface area contributed by atoms with Gasteiger partial charge >= 0.3 is 0 Å². The van der Waals surface area contributed by atoms with Crippen molar-refractivity contribution in [2.45, 2.75) is 13.2 Å². The van der Waals surface area contributed by atoms with Gasteiger partial charge in [-0.15, -0.1) is 0 Å². The van der Waals surface area contributed by atoms with Crippen LogP contribution in [-0.2, 0) is 19.0 Å². The summed E-state index contributed by atoms with van der Waals surface area (Å²) in [5.41, 5.74) is 0. The molecule has 0 saturated heterocycles. The molecule has 1 aliphatic heterocycles. The highest BCUT2D eigenvalue weighted by Gasteiger charge is 2.25. The van der Waals surface area contributed by atoms with Crippen LogP contribution in [-0.4, -0.2) is 26.3 Å². The number of hydrogen-bond acceptors (Lipinski definition) is 4. The molecule has 0 bridgehead atoms. The lowest BCUT2D eigenvalue weighted by Crippen LogP contribution is -2.17. The van der Waals surface area contributed by atoms with Crippen LogP contribution < -0.4 is 0 Å². The molecule has 0 saturated carbocycles. The predicted molar refractivity (Wildman–Crippen MR) is 45.7 cm³/mol. The van der Waals surface area contributed by atoms with E-state index in [2.05, 4.69) is 0 Å². The zero-order valence-electron chi connectivity index (χ0n) is 7.87. The largest absolute Gasteiger partial charge is 0.501 e. The molecule has 1 rings (SSSR count). The van der Waals surface area contributed by atoms with Crippen molar-refractivity contribution in [1.29, 1.82) is 0 Å². The van der Waals surface area contributed by atoms with Gasteiger partial charge in [0.05, 0.1) is 12.9 Å². The molecule has 0 spiro atoms. The van der Waals surface area contributed by atoms with E-state index in [0.29, 0.717) is 11.5 Å². The Kier molecular flexibility index (Phi) is 3.08. The first-order valence-electron chi connectivity index (χ1n) is 3.84. The van der Waals surface area contributed by atoms with Crippen LogP contribution >= 0.6 is 0 Å². The van der Waals surface area contributed by atoms with Crippen molar-refractivity contribution in [2.24, 2.45) is 0 Å². The molecule has 1 heterocycles. The average Bonchev–Trinajstić information content (AvgIpc) is 2.46. The number of ketones is 1. The van der Waals surface area contributed by atoms with Crippen molar-refractivity contribution in [2.75, 3.05) is 14.2 Å². The van der Waals surface area contributed by atoms with E-state index >= 15 is 0 Å². The molecule has 4 nitrogen and oxygen atoms in total. The van der Waals surface area contributed by atoms with E-state index in [1.807, 2.05) is 0 Å². The van der Waals surface area contributed by atoms with Crippen LogP contribution in [0.15, 0.2) is 23.7 Å². The van der Waals surface area contributed by atoms with Gasteiger partial charge in [0.15, 0.2) is 0 Å². The number of rotatable bonds is 3. The van der Waals surface area contributed by atoms with Gasteiger partial charge in [-0.25, -0.2) is 0 Å². The van der Waals surface area contributed by atoms with E-state index in [4.69, 9.17) is 14.2 Å². The van der Waals surface area contributed by atoms with Gasteiger partial charge in [0.25, 0.3) is 6.29 Å². The molecule has 13 heavy (non-hydrogen) atoms. The number of hydrogen-bond donors (Lipinski definition) is 0. The Bertz CT molecular complexity index is 265. The Morgan fingerprint density at radius 3 is 2.77 bits per heavy atom. The Balaban J connectivity index is 2.66. The summed E-state index contributed by atoms with van der Waals surface area (Å²) in [5, 5.41) is 0. The molecule has 0 N–H and O–H groups in total. The highest BCUT2D eigenvalue weighted by molar-refractivity contribution is 5.95. The highest BCUT2D eigenvalue weighted by Crippen LogP contribution is 2.16. The van der Waals surface area contributed by atoms with Crippen LogP contribution in [0.2, 0.25) is 0 Å². The van der Waals surface area contributed by atoms with Crippen molar-refractivity contribution in [3.63, 3.8) is 0 Å². The quantitative estimate of drug-likeness (QED) is 0.613. The van der Waals surface area contributed by atoms with Crippen molar-refractivity contribution in [3.05, 3.63) is 23.7 Å². The van der Waals surface area contributed by atoms with Crippen molar-refractivity contribution >= 4 is 5.78 Å². The van der Waals surface area contributed by atoms with Crippen LogP contribution in [0.25, 0.3) is 0 Å². The maximum Gasteiger partial charge on any atom is 0.263 e. The van der Waals surface area contributed by atoms with Gasteiger partial charge in [0, 0.05) is 19.3 Å². The molecule has 72 valence electrons. The van der Waals surface area contributed by atoms with Gasteiger partial charge < -0.3 is 14.2 Å². The first kappa shape index (κ1) is 9.80. The van der Waals surface area contributed by atoms with Gasteiger partial charge in [0.2, 0.25) is 5.78 Å². The van der Waals surface area contributed by atoms with Crippen molar-refractivity contribution in [1.82, 2.24) is 0 Å². The Hall–Kier alpha value is -1.29. The molecule has 0 aromatic carbocycles. The summed E-state index contributed by atoms with van der Waals surface area (Å²) in [7, 11) is 2.98. The molecule has 4 heteroatoms. The first-order chi connectivity index (χ1) is 6.17. The normalized spacial score (nSPS) is 22.7. The molecule has 0 aliphatic carbocycles. The lowest BCUT2D eigenvalue weighted by molar-refractivity contribution is -0.142. The zero-order chi connectivity index (χ0) is 9.84. The lowest BCUT2D eigenvalue weighted by Gasteiger charge is -2.07. The second kappa shape index (κ2) is 4.09. The van der Waals surface area contributed by atoms with Crippen LogP contribution in [0.4, 0.5) is 0 Å². The minimum absolute atomic E-state index is 0.183. The van der Waals surface area contributed by atoms with Gasteiger partial charge in [0.1, 0.15) is 5.76 Å². The lowest BCUT2D eigenvalue weighted by atomic mass is 10.3. The summed E-state index contributed by atoms with van der Waals surface area (Å²) in [6.45, 7) is 1.77. The summed E-state index contributed by atoms with van der Waals surface area (Å²) < 4.78 is 14.8. The predicted octanol–water partition coefficient (Wildman–Crippen LogP) is 0.992. The second-order valence-electron chi connectivity index (χ2n) is 2.59. The van der Waals surface area contributed by atoms with E-state index in [-0.39, 0.29) is 5.78 Å². The summed E-state index contributed by atoms with van der Waals surface area (Å²) in [5.74, 6) is 0.963. The minimum Gasteiger partial charge on any atom is -0.501 e.